The maximum Gasteiger partial charge on any atom is 0.364 e. The highest BCUT2D eigenvalue weighted by Crippen LogP contribution is 2.35. The topological polar surface area (TPSA) is 268 Å². The number of carbonyl (C=O) groups is 1. The first-order valence-corrected chi connectivity index (χ1v) is 10.2. The number of nitrogen functional groups attached to an aromatic ring is 1. The molecule has 16 nitrogen and oxygen atoms in total. The number of hydrogen-bond acceptors (Lipinski definition) is 14. The van der Waals surface area contributed by atoms with Crippen molar-refractivity contribution < 1.29 is 59.9 Å². The predicted molar refractivity (Wildman–Crippen MR) is 106 cm³/mol. The van der Waals surface area contributed by atoms with Crippen molar-refractivity contribution in [2.75, 3.05) is 18.9 Å². The number of carboxylic acid groups (broad SMARTS) is 1. The summed E-state index contributed by atoms with van der Waals surface area (Å²) in [6, 6.07) is 1.25. The fourth-order valence-corrected chi connectivity index (χ4v) is 3.78. The van der Waals surface area contributed by atoms with Gasteiger partial charge in [0.05, 0.1) is 19.3 Å². The largest absolute Gasteiger partial charge is 0.477 e. The Hall–Kier alpha value is -2.25. The SMILES string of the molecule is Nc1ccn([C@@H]2O[C@H](CO[C@@]3(C(=O)O)C[C@H](O)[C@@H](O)[C@H]([C@@H](O)[C@H](O)CO)O3)[C@@H](O)[C@H]2O)c(=O)n1. The molecule has 10 N–H and O–H groups in total. The van der Waals surface area contributed by atoms with Gasteiger partial charge in [-0.3, -0.25) is 4.57 Å². The number of anilines is 1. The molecule has 0 spiro atoms. The summed E-state index contributed by atoms with van der Waals surface area (Å²) in [6.07, 6.45) is -15.1. The average molecular weight is 493 g/mol. The lowest BCUT2D eigenvalue weighted by atomic mass is 9.90. The van der Waals surface area contributed by atoms with Crippen LogP contribution in [0.25, 0.3) is 0 Å². The normalized spacial score (nSPS) is 37.9. The number of rotatable bonds is 8. The maximum atomic E-state index is 12.0. The van der Waals surface area contributed by atoms with Crippen LogP contribution in [0.15, 0.2) is 17.1 Å². The van der Waals surface area contributed by atoms with Gasteiger partial charge in [-0.1, -0.05) is 0 Å². The zero-order chi connectivity index (χ0) is 25.4. The predicted octanol–water partition coefficient (Wildman–Crippen LogP) is -5.53. The van der Waals surface area contributed by atoms with Crippen LogP contribution in [0, 0.1) is 0 Å². The summed E-state index contributed by atoms with van der Waals surface area (Å²) >= 11 is 0. The molecular formula is C18H27N3O13. The van der Waals surface area contributed by atoms with Crippen molar-refractivity contribution in [3.8, 4) is 0 Å². The standard InChI is InChI=1S/C18H27N3O13/c19-9-1-2-21(17(31)20-9)15-13(28)12(27)8(33-15)5-32-18(16(29)30)3-6(23)10(25)14(34-18)11(26)7(24)4-22/h1-2,6-8,10-15,22-28H,3-5H2,(H,29,30)(H2,19,20,31)/t6-,7+,8+,10+,11-,12+,13+,14+,15+,18-/m0/s1. The first-order chi connectivity index (χ1) is 15.9. The summed E-state index contributed by atoms with van der Waals surface area (Å²) in [5.41, 5.74) is 4.53. The van der Waals surface area contributed by atoms with Gasteiger partial charge in [-0.2, -0.15) is 4.98 Å². The Morgan fingerprint density at radius 2 is 1.94 bits per heavy atom. The zero-order valence-corrected chi connectivity index (χ0v) is 17.6. The van der Waals surface area contributed by atoms with Crippen LogP contribution in [0.3, 0.4) is 0 Å². The van der Waals surface area contributed by atoms with E-state index in [0.29, 0.717) is 0 Å². The highest BCUT2D eigenvalue weighted by atomic mass is 16.7. The van der Waals surface area contributed by atoms with E-state index in [-0.39, 0.29) is 5.82 Å². The van der Waals surface area contributed by atoms with Crippen molar-refractivity contribution in [3.05, 3.63) is 22.7 Å². The summed E-state index contributed by atoms with van der Waals surface area (Å²) in [6.45, 7) is -1.70. The molecule has 0 amide bonds. The van der Waals surface area contributed by atoms with Gasteiger partial charge in [0.2, 0.25) is 0 Å². The Kier molecular flexibility index (Phi) is 7.88. The minimum absolute atomic E-state index is 0.0872. The first-order valence-electron chi connectivity index (χ1n) is 10.2. The smallest absolute Gasteiger partial charge is 0.364 e. The Bertz CT molecular complexity index is 931. The molecule has 1 aromatic heterocycles. The minimum atomic E-state index is -2.68. The van der Waals surface area contributed by atoms with Crippen molar-refractivity contribution in [1.29, 1.82) is 0 Å². The molecule has 0 aliphatic carbocycles. The summed E-state index contributed by atoms with van der Waals surface area (Å²) in [7, 11) is 0. The van der Waals surface area contributed by atoms with Crippen LogP contribution in [0.1, 0.15) is 12.6 Å². The van der Waals surface area contributed by atoms with Gasteiger partial charge in [0.25, 0.3) is 5.79 Å². The number of aliphatic hydroxyl groups is 7. The summed E-state index contributed by atoms with van der Waals surface area (Å²) in [4.78, 5) is 27.5. The number of aromatic nitrogens is 2. The fraction of sp³-hybridized carbons (Fsp3) is 0.722. The molecule has 0 saturated carbocycles. The molecule has 2 saturated heterocycles. The third-order valence-electron chi connectivity index (χ3n) is 5.72. The molecular weight excluding hydrogens is 466 g/mol. The molecule has 2 aliphatic heterocycles. The molecule has 3 rings (SSSR count). The van der Waals surface area contributed by atoms with Gasteiger partial charge >= 0.3 is 11.7 Å². The number of aliphatic carboxylic acids is 1. The molecule has 16 heteroatoms. The lowest BCUT2D eigenvalue weighted by molar-refractivity contribution is -0.331. The van der Waals surface area contributed by atoms with E-state index in [0.717, 1.165) is 4.57 Å². The number of nitrogens with two attached hydrogens (primary N) is 1. The Balaban J connectivity index is 1.78. The van der Waals surface area contributed by atoms with Crippen molar-refractivity contribution in [2.24, 2.45) is 0 Å². The molecule has 10 atom stereocenters. The van der Waals surface area contributed by atoms with Gasteiger partial charge in [-0.25, -0.2) is 9.59 Å². The molecule has 2 fully saturated rings. The van der Waals surface area contributed by atoms with E-state index in [1.54, 1.807) is 0 Å². The highest BCUT2D eigenvalue weighted by molar-refractivity contribution is 5.76. The van der Waals surface area contributed by atoms with Crippen molar-refractivity contribution in [1.82, 2.24) is 9.55 Å². The van der Waals surface area contributed by atoms with E-state index >= 15 is 0 Å². The van der Waals surface area contributed by atoms with E-state index in [2.05, 4.69) is 4.98 Å². The van der Waals surface area contributed by atoms with Crippen LogP contribution in [0.2, 0.25) is 0 Å². The van der Waals surface area contributed by atoms with Gasteiger partial charge in [-0.15, -0.1) is 0 Å². The second-order valence-corrected chi connectivity index (χ2v) is 8.04. The first kappa shape index (κ1) is 26.4. The number of carboxylic acids is 1. The van der Waals surface area contributed by atoms with Gasteiger partial charge in [0, 0.05) is 12.6 Å². The molecule has 34 heavy (non-hydrogen) atoms. The second-order valence-electron chi connectivity index (χ2n) is 8.04. The fourth-order valence-electron chi connectivity index (χ4n) is 3.78. The van der Waals surface area contributed by atoms with Crippen LogP contribution in [0.4, 0.5) is 5.82 Å². The quantitative estimate of drug-likeness (QED) is 0.163. The molecule has 192 valence electrons. The molecule has 2 aliphatic rings. The van der Waals surface area contributed by atoms with Gasteiger partial charge < -0.3 is 60.8 Å². The van der Waals surface area contributed by atoms with Gasteiger partial charge in [0.15, 0.2) is 6.23 Å². The Labute approximate surface area is 191 Å². The summed E-state index contributed by atoms with van der Waals surface area (Å²) in [5.74, 6) is -4.54. The minimum Gasteiger partial charge on any atom is -0.477 e. The van der Waals surface area contributed by atoms with Gasteiger partial charge in [-0.05, 0) is 6.07 Å². The molecule has 3 heterocycles. The molecule has 1 aromatic rings. The zero-order valence-electron chi connectivity index (χ0n) is 17.6. The second kappa shape index (κ2) is 10.2. The number of nitrogens with zero attached hydrogens (tertiary/aromatic N) is 2. The number of ether oxygens (including phenoxy) is 3. The van der Waals surface area contributed by atoms with Crippen LogP contribution in [-0.4, -0.2) is 124 Å². The van der Waals surface area contributed by atoms with E-state index in [1.165, 1.54) is 12.3 Å². The lowest BCUT2D eigenvalue weighted by Gasteiger charge is -2.44. The third-order valence-corrected chi connectivity index (χ3v) is 5.72. The molecule has 0 aromatic carbocycles. The van der Waals surface area contributed by atoms with Crippen molar-refractivity contribution in [2.45, 2.75) is 67.3 Å². The maximum absolute atomic E-state index is 12.0. The molecule has 0 bridgehead atoms. The van der Waals surface area contributed by atoms with E-state index < -0.39 is 92.1 Å². The highest BCUT2D eigenvalue weighted by Gasteiger charge is 2.56. The van der Waals surface area contributed by atoms with Crippen LogP contribution in [0.5, 0.6) is 0 Å². The lowest BCUT2D eigenvalue weighted by Crippen LogP contribution is -2.64. The Morgan fingerprint density at radius 1 is 1.26 bits per heavy atom. The Morgan fingerprint density at radius 3 is 2.53 bits per heavy atom. The number of aliphatic hydroxyl groups excluding tert-OH is 7. The average Bonchev–Trinajstić information content (AvgIpc) is 3.07. The van der Waals surface area contributed by atoms with E-state index in [9.17, 15) is 45.3 Å². The van der Waals surface area contributed by atoms with Crippen LogP contribution in [-0.2, 0) is 19.0 Å². The third kappa shape index (κ3) is 4.91. The van der Waals surface area contributed by atoms with E-state index in [4.69, 9.17) is 25.1 Å². The monoisotopic (exact) mass is 493 g/mol. The van der Waals surface area contributed by atoms with E-state index in [1.807, 2.05) is 0 Å². The van der Waals surface area contributed by atoms with Gasteiger partial charge in [0.1, 0.15) is 48.5 Å². The molecule has 0 radical (unpaired) electrons. The molecule has 0 unspecified atom stereocenters. The van der Waals surface area contributed by atoms with Crippen LogP contribution < -0.4 is 11.4 Å². The summed E-state index contributed by atoms with van der Waals surface area (Å²) < 4.78 is 16.9. The van der Waals surface area contributed by atoms with Crippen molar-refractivity contribution in [3.63, 3.8) is 0 Å². The summed E-state index contributed by atoms with van der Waals surface area (Å²) in [5, 5.41) is 79.4. The van der Waals surface area contributed by atoms with Crippen LogP contribution >= 0.6 is 0 Å². The van der Waals surface area contributed by atoms with Crippen molar-refractivity contribution >= 4 is 11.8 Å². The number of hydrogen-bond donors (Lipinski definition) is 9.